The lowest BCUT2D eigenvalue weighted by atomic mass is 10.2. The summed E-state index contributed by atoms with van der Waals surface area (Å²) >= 11 is 5.03. The van der Waals surface area contributed by atoms with Crippen LogP contribution in [0.15, 0.2) is 11.0 Å². The first kappa shape index (κ1) is 12.4. The summed E-state index contributed by atoms with van der Waals surface area (Å²) in [7, 11) is 0. The van der Waals surface area contributed by atoms with Crippen molar-refractivity contribution in [3.63, 3.8) is 0 Å². The third kappa shape index (κ3) is 2.32. The highest BCUT2D eigenvalue weighted by molar-refractivity contribution is 7.71. The number of aliphatic hydroxyl groups is 2. The fourth-order valence-electron chi connectivity index (χ4n) is 1.85. The Morgan fingerprint density at radius 2 is 2.41 bits per heavy atom. The molecular weight excluding hydrogens is 244 g/mol. The molecule has 17 heavy (non-hydrogen) atoms. The zero-order valence-electron chi connectivity index (χ0n) is 9.29. The molecule has 0 radical (unpaired) electrons. The Morgan fingerprint density at radius 1 is 1.71 bits per heavy atom. The molecule has 1 aromatic heterocycles. The number of rotatable bonds is 2. The maximum atomic E-state index is 11.3. The summed E-state index contributed by atoms with van der Waals surface area (Å²) < 4.78 is 7.29. The van der Waals surface area contributed by atoms with Crippen molar-refractivity contribution in [1.82, 2.24) is 9.55 Å². The molecule has 0 bridgehead atoms. The molecule has 3 atom stereocenters. The molecule has 2 rings (SSSR count). The SMILES string of the molecule is Cc1cn([C@H]2C[C@@H](O)[C@H](CO)O2)c(=S)[nH]c1=O. The lowest BCUT2D eigenvalue weighted by Crippen LogP contribution is -2.24. The smallest absolute Gasteiger partial charge is 0.254 e. The maximum Gasteiger partial charge on any atom is 0.254 e. The summed E-state index contributed by atoms with van der Waals surface area (Å²) in [6, 6.07) is 0. The molecule has 2 heterocycles. The molecule has 0 spiro atoms. The third-order valence-electron chi connectivity index (χ3n) is 2.84. The van der Waals surface area contributed by atoms with Gasteiger partial charge in [-0.1, -0.05) is 0 Å². The monoisotopic (exact) mass is 258 g/mol. The van der Waals surface area contributed by atoms with Crippen LogP contribution in [0, 0.1) is 11.7 Å². The fourth-order valence-corrected chi connectivity index (χ4v) is 2.11. The van der Waals surface area contributed by atoms with Crippen LogP contribution in [-0.4, -0.2) is 38.6 Å². The molecule has 0 aromatic carbocycles. The van der Waals surface area contributed by atoms with E-state index in [4.69, 9.17) is 22.1 Å². The number of aliphatic hydroxyl groups excluding tert-OH is 2. The average molecular weight is 258 g/mol. The summed E-state index contributed by atoms with van der Waals surface area (Å²) in [5, 5.41) is 18.6. The standard InChI is InChI=1S/C10H14N2O4S/c1-5-3-12(10(17)11-9(5)15)8-2-6(14)7(4-13)16-8/h3,6-8,13-14H,2,4H2,1H3,(H,11,15,17)/t6-,7+,8-/m1/s1. The Balaban J connectivity index is 2.34. The van der Waals surface area contributed by atoms with Gasteiger partial charge >= 0.3 is 0 Å². The van der Waals surface area contributed by atoms with E-state index in [1.807, 2.05) is 0 Å². The molecule has 6 nitrogen and oxygen atoms in total. The number of nitrogens with one attached hydrogen (secondary N) is 1. The van der Waals surface area contributed by atoms with E-state index in [0.717, 1.165) is 0 Å². The van der Waals surface area contributed by atoms with Gasteiger partial charge in [0.25, 0.3) is 5.56 Å². The normalized spacial score (nSPS) is 28.5. The predicted octanol–water partition coefficient (Wildman–Crippen LogP) is -0.145. The van der Waals surface area contributed by atoms with Crippen LogP contribution < -0.4 is 5.56 Å². The largest absolute Gasteiger partial charge is 0.394 e. The van der Waals surface area contributed by atoms with Crippen molar-refractivity contribution in [1.29, 1.82) is 0 Å². The second kappa shape index (κ2) is 4.69. The van der Waals surface area contributed by atoms with Gasteiger partial charge in [-0.15, -0.1) is 0 Å². The average Bonchev–Trinajstić information content (AvgIpc) is 2.65. The van der Waals surface area contributed by atoms with Gasteiger partial charge in [0.05, 0.1) is 12.7 Å². The van der Waals surface area contributed by atoms with Gasteiger partial charge in [0.1, 0.15) is 12.3 Å². The van der Waals surface area contributed by atoms with Crippen LogP contribution in [0.4, 0.5) is 0 Å². The van der Waals surface area contributed by atoms with Crippen LogP contribution >= 0.6 is 12.2 Å². The Hall–Kier alpha value is -1.02. The number of aromatic amines is 1. The first-order chi connectivity index (χ1) is 8.02. The highest BCUT2D eigenvalue weighted by Gasteiger charge is 2.34. The molecule has 7 heteroatoms. The molecule has 1 fully saturated rings. The summed E-state index contributed by atoms with van der Waals surface area (Å²) in [6.45, 7) is 1.42. The van der Waals surface area contributed by atoms with Crippen molar-refractivity contribution in [2.24, 2.45) is 0 Å². The van der Waals surface area contributed by atoms with E-state index in [1.54, 1.807) is 17.7 Å². The van der Waals surface area contributed by atoms with E-state index >= 15 is 0 Å². The van der Waals surface area contributed by atoms with Crippen molar-refractivity contribution in [2.75, 3.05) is 6.61 Å². The minimum absolute atomic E-state index is 0.233. The molecule has 0 aliphatic carbocycles. The number of ether oxygens (including phenoxy) is 1. The van der Waals surface area contributed by atoms with Crippen molar-refractivity contribution in [3.8, 4) is 0 Å². The Labute approximate surface area is 102 Å². The van der Waals surface area contributed by atoms with E-state index in [2.05, 4.69) is 4.98 Å². The van der Waals surface area contributed by atoms with Gasteiger partial charge in [-0.25, -0.2) is 0 Å². The number of nitrogens with zero attached hydrogens (tertiary/aromatic N) is 1. The molecule has 0 amide bonds. The Bertz CT molecular complexity index is 524. The second-order valence-corrected chi connectivity index (χ2v) is 4.48. The second-order valence-electron chi connectivity index (χ2n) is 4.09. The van der Waals surface area contributed by atoms with Gasteiger partial charge in [0, 0.05) is 18.2 Å². The molecule has 1 saturated heterocycles. The van der Waals surface area contributed by atoms with Gasteiger partial charge in [-0.05, 0) is 19.1 Å². The molecular formula is C10H14N2O4S. The van der Waals surface area contributed by atoms with E-state index in [9.17, 15) is 9.90 Å². The molecule has 0 unspecified atom stereocenters. The minimum Gasteiger partial charge on any atom is -0.394 e. The van der Waals surface area contributed by atoms with Gasteiger partial charge < -0.3 is 14.9 Å². The third-order valence-corrected chi connectivity index (χ3v) is 3.15. The predicted molar refractivity (Wildman–Crippen MR) is 62.2 cm³/mol. The minimum atomic E-state index is -0.723. The topological polar surface area (TPSA) is 87.5 Å². The zero-order valence-corrected chi connectivity index (χ0v) is 10.1. The highest BCUT2D eigenvalue weighted by atomic mass is 32.1. The fraction of sp³-hybridized carbons (Fsp3) is 0.600. The summed E-state index contributed by atoms with van der Waals surface area (Å²) in [5.41, 5.74) is 0.285. The van der Waals surface area contributed by atoms with Gasteiger partial charge in [-0.2, -0.15) is 0 Å². The molecule has 1 aliphatic heterocycles. The Kier molecular flexibility index (Phi) is 3.43. The van der Waals surface area contributed by atoms with E-state index in [0.29, 0.717) is 12.0 Å². The van der Waals surface area contributed by atoms with Gasteiger partial charge in [0.2, 0.25) is 0 Å². The molecule has 3 N–H and O–H groups in total. The van der Waals surface area contributed by atoms with E-state index < -0.39 is 18.4 Å². The van der Waals surface area contributed by atoms with Crippen molar-refractivity contribution in [2.45, 2.75) is 31.8 Å². The number of hydrogen-bond acceptors (Lipinski definition) is 5. The lowest BCUT2D eigenvalue weighted by Gasteiger charge is -2.15. The summed E-state index contributed by atoms with van der Waals surface area (Å²) in [5.74, 6) is 0. The summed E-state index contributed by atoms with van der Waals surface area (Å²) in [6.07, 6.45) is 0.155. The molecule has 0 saturated carbocycles. The van der Waals surface area contributed by atoms with Crippen LogP contribution in [-0.2, 0) is 4.74 Å². The van der Waals surface area contributed by atoms with Gasteiger partial charge in [0.15, 0.2) is 4.77 Å². The Morgan fingerprint density at radius 3 is 3.00 bits per heavy atom. The number of aromatic nitrogens is 2. The van der Waals surface area contributed by atoms with Crippen LogP contribution in [0.2, 0.25) is 0 Å². The first-order valence-corrected chi connectivity index (χ1v) is 5.70. The number of H-pyrrole nitrogens is 1. The van der Waals surface area contributed by atoms with Crippen molar-refractivity contribution < 1.29 is 14.9 Å². The van der Waals surface area contributed by atoms with Crippen LogP contribution in [0.1, 0.15) is 18.2 Å². The van der Waals surface area contributed by atoms with Crippen LogP contribution in [0.25, 0.3) is 0 Å². The van der Waals surface area contributed by atoms with Crippen LogP contribution in [0.5, 0.6) is 0 Å². The lowest BCUT2D eigenvalue weighted by molar-refractivity contribution is -0.0453. The number of aryl methyl sites for hydroxylation is 1. The van der Waals surface area contributed by atoms with Crippen LogP contribution in [0.3, 0.4) is 0 Å². The van der Waals surface area contributed by atoms with E-state index in [-0.39, 0.29) is 16.9 Å². The van der Waals surface area contributed by atoms with E-state index in [1.165, 1.54) is 0 Å². The number of hydrogen-bond donors (Lipinski definition) is 3. The first-order valence-electron chi connectivity index (χ1n) is 5.29. The molecule has 94 valence electrons. The maximum absolute atomic E-state index is 11.3. The van der Waals surface area contributed by atoms with Crippen molar-refractivity contribution >= 4 is 12.2 Å². The molecule has 1 aliphatic rings. The quantitative estimate of drug-likeness (QED) is 0.642. The van der Waals surface area contributed by atoms with Gasteiger partial charge in [-0.3, -0.25) is 14.3 Å². The van der Waals surface area contributed by atoms with Crippen molar-refractivity contribution in [3.05, 3.63) is 26.9 Å². The zero-order chi connectivity index (χ0) is 12.6. The molecule has 1 aromatic rings. The summed E-state index contributed by atoms with van der Waals surface area (Å²) in [4.78, 5) is 13.9. The highest BCUT2D eigenvalue weighted by Crippen LogP contribution is 2.28.